The minimum Gasteiger partial charge on any atom is -0.444 e. The molecule has 2 aliphatic heterocycles. The Morgan fingerprint density at radius 1 is 1.25 bits per heavy atom. The fourth-order valence-electron chi connectivity index (χ4n) is 2.98. The van der Waals surface area contributed by atoms with Crippen LogP contribution in [0.2, 0.25) is 0 Å². The van der Waals surface area contributed by atoms with E-state index in [1.807, 2.05) is 20.8 Å². The number of piperidine rings is 1. The van der Waals surface area contributed by atoms with Gasteiger partial charge in [-0.15, -0.1) is 0 Å². The predicted octanol–water partition coefficient (Wildman–Crippen LogP) is 2.06. The third-order valence-corrected chi connectivity index (χ3v) is 3.95. The van der Waals surface area contributed by atoms with Crippen molar-refractivity contribution in [3.63, 3.8) is 0 Å². The maximum atomic E-state index is 11.8. The number of ether oxygens (including phenoxy) is 2. The molecule has 1 amide bonds. The summed E-state index contributed by atoms with van der Waals surface area (Å²) in [5.74, 6) is 0.625. The highest BCUT2D eigenvalue weighted by atomic mass is 16.6. The normalized spacial score (nSPS) is 28.9. The first-order valence-electron chi connectivity index (χ1n) is 7.76. The van der Waals surface area contributed by atoms with Crippen LogP contribution in [0.25, 0.3) is 0 Å². The quantitative estimate of drug-likeness (QED) is 0.815. The summed E-state index contributed by atoms with van der Waals surface area (Å²) >= 11 is 0. The van der Waals surface area contributed by atoms with Crippen molar-refractivity contribution >= 4 is 6.09 Å². The maximum Gasteiger partial charge on any atom is 0.407 e. The molecule has 20 heavy (non-hydrogen) atoms. The van der Waals surface area contributed by atoms with Gasteiger partial charge in [0.15, 0.2) is 0 Å². The Kier molecular flexibility index (Phi) is 5.27. The van der Waals surface area contributed by atoms with Crippen molar-refractivity contribution in [2.24, 2.45) is 5.92 Å². The average molecular weight is 284 g/mol. The molecule has 0 aromatic rings. The molecule has 2 atom stereocenters. The molecule has 0 radical (unpaired) electrons. The topological polar surface area (TPSA) is 59.6 Å². The molecule has 0 unspecified atom stereocenters. The lowest BCUT2D eigenvalue weighted by atomic mass is 9.86. The largest absolute Gasteiger partial charge is 0.444 e. The van der Waals surface area contributed by atoms with Gasteiger partial charge in [0.1, 0.15) is 5.60 Å². The van der Waals surface area contributed by atoms with E-state index >= 15 is 0 Å². The number of carbonyl (C=O) groups excluding carboxylic acids is 1. The molecule has 5 nitrogen and oxygen atoms in total. The maximum absolute atomic E-state index is 11.8. The second-order valence-corrected chi connectivity index (χ2v) is 6.86. The Hall–Kier alpha value is -0.810. The second-order valence-electron chi connectivity index (χ2n) is 6.86. The molecule has 2 heterocycles. The number of rotatable bonds is 2. The zero-order valence-electron chi connectivity index (χ0n) is 12.9. The van der Waals surface area contributed by atoms with Crippen molar-refractivity contribution in [1.82, 2.24) is 10.6 Å². The summed E-state index contributed by atoms with van der Waals surface area (Å²) in [5.41, 5.74) is -0.441. The Labute approximate surface area is 121 Å². The van der Waals surface area contributed by atoms with Crippen LogP contribution in [0.5, 0.6) is 0 Å². The van der Waals surface area contributed by atoms with Crippen molar-refractivity contribution in [3.05, 3.63) is 0 Å². The lowest BCUT2D eigenvalue weighted by Crippen LogP contribution is -2.47. The highest BCUT2D eigenvalue weighted by Gasteiger charge is 2.31. The summed E-state index contributed by atoms with van der Waals surface area (Å²) in [6.07, 6.45) is 4.09. The van der Waals surface area contributed by atoms with E-state index in [9.17, 15) is 4.79 Å². The van der Waals surface area contributed by atoms with Gasteiger partial charge in [0.25, 0.3) is 0 Å². The van der Waals surface area contributed by atoms with E-state index < -0.39 is 5.60 Å². The first-order chi connectivity index (χ1) is 9.44. The van der Waals surface area contributed by atoms with Gasteiger partial charge in [0, 0.05) is 12.6 Å². The Balaban J connectivity index is 1.79. The third-order valence-electron chi connectivity index (χ3n) is 3.95. The van der Waals surface area contributed by atoms with Crippen LogP contribution in [0.3, 0.4) is 0 Å². The molecule has 5 heteroatoms. The van der Waals surface area contributed by atoms with Gasteiger partial charge in [-0.25, -0.2) is 4.79 Å². The minimum atomic E-state index is -0.441. The van der Waals surface area contributed by atoms with Crippen LogP contribution in [-0.2, 0) is 9.47 Å². The summed E-state index contributed by atoms with van der Waals surface area (Å²) in [6, 6.07) is 0.179. The van der Waals surface area contributed by atoms with E-state index in [2.05, 4.69) is 10.6 Å². The van der Waals surface area contributed by atoms with Crippen LogP contribution in [0, 0.1) is 5.92 Å². The average Bonchev–Trinajstić information content (AvgIpc) is 2.38. The molecule has 2 fully saturated rings. The highest BCUT2D eigenvalue weighted by molar-refractivity contribution is 5.68. The van der Waals surface area contributed by atoms with Crippen LogP contribution in [0.4, 0.5) is 4.79 Å². The van der Waals surface area contributed by atoms with Gasteiger partial charge in [-0.2, -0.15) is 0 Å². The lowest BCUT2D eigenvalue weighted by molar-refractivity contribution is -0.0410. The highest BCUT2D eigenvalue weighted by Crippen LogP contribution is 2.26. The molecule has 2 saturated heterocycles. The standard InChI is InChI=1S/C15H28N2O3/c1-15(2,3)20-14(18)17-12-6-9-19-13(10-12)11-4-7-16-8-5-11/h11-13,16H,4-10H2,1-3H3,(H,17,18)/t12-,13-/m1/s1. The molecule has 0 bridgehead atoms. The van der Waals surface area contributed by atoms with Gasteiger partial charge >= 0.3 is 6.09 Å². The van der Waals surface area contributed by atoms with Crippen molar-refractivity contribution in [1.29, 1.82) is 0 Å². The SMILES string of the molecule is CC(C)(C)OC(=O)N[C@@H]1CCO[C@@H](C2CCNCC2)C1. The van der Waals surface area contributed by atoms with Gasteiger partial charge in [0.2, 0.25) is 0 Å². The summed E-state index contributed by atoms with van der Waals surface area (Å²) in [4.78, 5) is 11.8. The summed E-state index contributed by atoms with van der Waals surface area (Å²) in [6.45, 7) is 8.54. The summed E-state index contributed by atoms with van der Waals surface area (Å²) < 4.78 is 11.2. The fourth-order valence-corrected chi connectivity index (χ4v) is 2.98. The number of nitrogens with one attached hydrogen (secondary N) is 2. The summed E-state index contributed by atoms with van der Waals surface area (Å²) in [7, 11) is 0. The molecular weight excluding hydrogens is 256 g/mol. The lowest BCUT2D eigenvalue weighted by Gasteiger charge is -2.37. The van der Waals surface area contributed by atoms with Gasteiger partial charge in [-0.3, -0.25) is 0 Å². The number of alkyl carbamates (subject to hydrolysis) is 1. The van der Waals surface area contributed by atoms with E-state index in [-0.39, 0.29) is 18.2 Å². The van der Waals surface area contributed by atoms with Gasteiger partial charge < -0.3 is 20.1 Å². The van der Waals surface area contributed by atoms with Crippen molar-refractivity contribution in [3.8, 4) is 0 Å². The number of hydrogen-bond acceptors (Lipinski definition) is 4. The molecule has 2 N–H and O–H groups in total. The van der Waals surface area contributed by atoms with Crippen LogP contribution in [0.15, 0.2) is 0 Å². The molecule has 0 aromatic heterocycles. The fraction of sp³-hybridized carbons (Fsp3) is 0.933. The van der Waals surface area contributed by atoms with Gasteiger partial charge in [-0.1, -0.05) is 0 Å². The predicted molar refractivity (Wildman–Crippen MR) is 77.7 cm³/mol. The zero-order valence-corrected chi connectivity index (χ0v) is 12.9. The van der Waals surface area contributed by atoms with E-state index in [1.54, 1.807) is 0 Å². The van der Waals surface area contributed by atoms with E-state index in [0.717, 1.165) is 32.5 Å². The van der Waals surface area contributed by atoms with Crippen LogP contribution in [-0.4, -0.2) is 43.5 Å². The Morgan fingerprint density at radius 2 is 1.95 bits per heavy atom. The molecule has 0 saturated carbocycles. The van der Waals surface area contributed by atoms with Crippen molar-refractivity contribution < 1.29 is 14.3 Å². The van der Waals surface area contributed by atoms with Crippen molar-refractivity contribution in [2.75, 3.05) is 19.7 Å². The molecule has 2 aliphatic rings. The molecule has 0 aliphatic carbocycles. The van der Waals surface area contributed by atoms with Crippen molar-refractivity contribution in [2.45, 2.75) is 64.2 Å². The monoisotopic (exact) mass is 284 g/mol. The third kappa shape index (κ3) is 4.94. The molecule has 116 valence electrons. The Morgan fingerprint density at radius 3 is 2.60 bits per heavy atom. The van der Waals surface area contributed by atoms with E-state index in [4.69, 9.17) is 9.47 Å². The molecule has 2 rings (SSSR count). The second kappa shape index (κ2) is 6.76. The number of hydrogen-bond donors (Lipinski definition) is 2. The van der Waals surface area contributed by atoms with E-state index in [1.165, 1.54) is 12.8 Å². The Bertz CT molecular complexity index is 322. The molecular formula is C15H28N2O3. The van der Waals surface area contributed by atoms with Gasteiger partial charge in [-0.05, 0) is 65.5 Å². The first-order valence-corrected chi connectivity index (χ1v) is 7.76. The van der Waals surface area contributed by atoms with Crippen LogP contribution < -0.4 is 10.6 Å². The molecule has 0 aromatic carbocycles. The smallest absolute Gasteiger partial charge is 0.407 e. The zero-order chi connectivity index (χ0) is 14.6. The van der Waals surface area contributed by atoms with Gasteiger partial charge in [0.05, 0.1) is 6.10 Å². The van der Waals surface area contributed by atoms with Crippen LogP contribution in [0.1, 0.15) is 46.5 Å². The minimum absolute atomic E-state index is 0.179. The van der Waals surface area contributed by atoms with E-state index in [0.29, 0.717) is 5.92 Å². The molecule has 0 spiro atoms. The number of carbonyl (C=O) groups is 1. The van der Waals surface area contributed by atoms with Crippen LogP contribution >= 0.6 is 0 Å². The summed E-state index contributed by atoms with van der Waals surface area (Å²) in [5, 5.41) is 6.37. The number of amides is 1. The first kappa shape index (κ1) is 15.6.